The molecule has 0 saturated heterocycles. The van der Waals surface area contributed by atoms with Crippen molar-refractivity contribution in [2.75, 3.05) is 4.72 Å². The number of hydrogen-bond acceptors (Lipinski definition) is 6. The molecule has 0 aliphatic rings. The molecule has 12 heteroatoms. The van der Waals surface area contributed by atoms with E-state index in [0.29, 0.717) is 0 Å². The van der Waals surface area contributed by atoms with Crippen LogP contribution in [0.1, 0.15) is 0 Å². The molecule has 0 amide bonds. The summed E-state index contributed by atoms with van der Waals surface area (Å²) in [6.07, 6.45) is 0. The first-order valence-corrected chi connectivity index (χ1v) is 9.15. The number of aryl methyl sites for hydroxylation is 1. The van der Waals surface area contributed by atoms with Gasteiger partial charge in [-0.2, -0.15) is 8.42 Å². The number of primary sulfonamides is 1. The number of sulfonamides is 2. The van der Waals surface area contributed by atoms with Crippen LogP contribution in [0.25, 0.3) is 0 Å². The number of halogens is 1. The van der Waals surface area contributed by atoms with E-state index in [4.69, 9.17) is 5.14 Å². The van der Waals surface area contributed by atoms with Crippen LogP contribution < -0.4 is 9.86 Å². The quantitative estimate of drug-likeness (QED) is 0.748. The number of hydrogen-bond donors (Lipinski definition) is 2. The van der Waals surface area contributed by atoms with Gasteiger partial charge in [-0.15, -0.1) is 5.10 Å². The highest BCUT2D eigenvalue weighted by molar-refractivity contribution is 9.10. The summed E-state index contributed by atoms with van der Waals surface area (Å²) in [7, 11) is -6.78. The molecular weight excluding hydrogens is 386 g/mol. The van der Waals surface area contributed by atoms with Crippen molar-refractivity contribution in [2.24, 2.45) is 12.2 Å². The fraction of sp³-hybridized carbons (Fsp3) is 0.111. The van der Waals surface area contributed by atoms with Crippen LogP contribution in [-0.2, 0) is 27.1 Å². The Hall–Kier alpha value is -1.50. The number of aromatic nitrogens is 3. The molecular formula is C9H10BrN5O4S2. The summed E-state index contributed by atoms with van der Waals surface area (Å²) in [5.41, 5.74) is -0.159. The van der Waals surface area contributed by atoms with Crippen LogP contribution in [0, 0.1) is 0 Å². The first kappa shape index (κ1) is 15.9. The Morgan fingerprint density at radius 2 is 1.86 bits per heavy atom. The standard InChI is InChI=1S/C9H10BrN5O4S2/c1-15-9(8(10)12-14-15)21(18,19)13-6-4-2-3-5-7(6)20(11,16)17/h2-5,13H,1H3,(H2,11,16,17). The van der Waals surface area contributed by atoms with Crippen molar-refractivity contribution < 1.29 is 16.8 Å². The Labute approximate surface area is 129 Å². The van der Waals surface area contributed by atoms with E-state index in [2.05, 4.69) is 31.0 Å². The summed E-state index contributed by atoms with van der Waals surface area (Å²) < 4.78 is 50.7. The minimum Gasteiger partial charge on any atom is -0.277 e. The van der Waals surface area contributed by atoms with Crippen LogP contribution in [0.4, 0.5) is 5.69 Å². The lowest BCUT2D eigenvalue weighted by Crippen LogP contribution is -2.20. The second-order valence-electron chi connectivity index (χ2n) is 3.96. The lowest BCUT2D eigenvalue weighted by Gasteiger charge is -2.11. The van der Waals surface area contributed by atoms with Crippen molar-refractivity contribution >= 4 is 41.7 Å². The van der Waals surface area contributed by atoms with Gasteiger partial charge in [0.1, 0.15) is 4.90 Å². The molecule has 0 saturated carbocycles. The molecule has 0 atom stereocenters. The van der Waals surface area contributed by atoms with Gasteiger partial charge in [-0.25, -0.2) is 18.2 Å². The lowest BCUT2D eigenvalue weighted by atomic mass is 10.3. The molecule has 2 rings (SSSR count). The molecule has 2 aromatic rings. The molecule has 3 N–H and O–H groups in total. The van der Waals surface area contributed by atoms with Gasteiger partial charge in [0.05, 0.1) is 5.69 Å². The van der Waals surface area contributed by atoms with E-state index in [9.17, 15) is 16.8 Å². The first-order chi connectivity index (χ1) is 9.63. The van der Waals surface area contributed by atoms with E-state index in [1.165, 1.54) is 31.3 Å². The molecule has 0 bridgehead atoms. The molecule has 0 fully saturated rings. The van der Waals surface area contributed by atoms with Crippen LogP contribution >= 0.6 is 15.9 Å². The Kier molecular flexibility index (Phi) is 4.06. The SMILES string of the molecule is Cn1nnc(Br)c1S(=O)(=O)Nc1ccccc1S(N)(=O)=O. The molecule has 0 spiro atoms. The van der Waals surface area contributed by atoms with Gasteiger partial charge < -0.3 is 0 Å². The number of rotatable bonds is 4. The highest BCUT2D eigenvalue weighted by atomic mass is 79.9. The zero-order valence-corrected chi connectivity index (χ0v) is 13.8. The second-order valence-corrected chi connectivity index (χ2v) is 7.83. The molecule has 0 aliphatic carbocycles. The number of benzene rings is 1. The largest absolute Gasteiger partial charge is 0.281 e. The number of nitrogens with one attached hydrogen (secondary N) is 1. The van der Waals surface area contributed by atoms with Crippen molar-refractivity contribution in [3.05, 3.63) is 28.9 Å². The first-order valence-electron chi connectivity index (χ1n) is 5.33. The summed E-state index contributed by atoms with van der Waals surface area (Å²) in [5.74, 6) is 0. The predicted octanol–water partition coefficient (Wildman–Crippen LogP) is 0.0258. The molecule has 1 heterocycles. The molecule has 1 aromatic carbocycles. The van der Waals surface area contributed by atoms with Gasteiger partial charge in [0, 0.05) is 7.05 Å². The van der Waals surface area contributed by atoms with Crippen LogP contribution in [-0.4, -0.2) is 31.8 Å². The minimum atomic E-state index is -4.09. The highest BCUT2D eigenvalue weighted by Gasteiger charge is 2.26. The maximum atomic E-state index is 12.3. The van der Waals surface area contributed by atoms with E-state index in [1.807, 2.05) is 0 Å². The van der Waals surface area contributed by atoms with Crippen molar-refractivity contribution in [1.82, 2.24) is 15.0 Å². The highest BCUT2D eigenvalue weighted by Crippen LogP contribution is 2.25. The third-order valence-electron chi connectivity index (χ3n) is 2.43. The minimum absolute atomic E-state index is 0.00517. The van der Waals surface area contributed by atoms with E-state index in [0.717, 1.165) is 4.68 Å². The smallest absolute Gasteiger partial charge is 0.277 e. The fourth-order valence-corrected chi connectivity index (χ4v) is 4.54. The van der Waals surface area contributed by atoms with Crippen LogP contribution in [0.2, 0.25) is 0 Å². The van der Waals surface area contributed by atoms with Crippen molar-refractivity contribution in [1.29, 1.82) is 0 Å². The average Bonchev–Trinajstić information content (AvgIpc) is 2.68. The Morgan fingerprint density at radius 1 is 1.24 bits per heavy atom. The van der Waals surface area contributed by atoms with Crippen molar-refractivity contribution in [3.8, 4) is 0 Å². The fourth-order valence-electron chi connectivity index (χ4n) is 1.60. The molecule has 0 unspecified atom stereocenters. The summed E-state index contributed by atoms with van der Waals surface area (Å²) in [6.45, 7) is 0. The summed E-state index contributed by atoms with van der Waals surface area (Å²) in [5, 5.41) is 11.9. The molecule has 21 heavy (non-hydrogen) atoms. The summed E-state index contributed by atoms with van der Waals surface area (Å²) in [4.78, 5) is -0.333. The monoisotopic (exact) mass is 395 g/mol. The molecule has 114 valence electrons. The maximum absolute atomic E-state index is 12.3. The lowest BCUT2D eigenvalue weighted by molar-refractivity contribution is 0.578. The number of nitrogens with two attached hydrogens (primary N) is 1. The molecule has 9 nitrogen and oxygen atoms in total. The van der Waals surface area contributed by atoms with E-state index in [1.54, 1.807) is 0 Å². The van der Waals surface area contributed by atoms with E-state index < -0.39 is 20.0 Å². The molecule has 0 aliphatic heterocycles. The number of nitrogens with zero attached hydrogens (tertiary/aromatic N) is 3. The van der Waals surface area contributed by atoms with E-state index in [-0.39, 0.29) is 20.2 Å². The van der Waals surface area contributed by atoms with Crippen LogP contribution in [0.15, 0.2) is 38.8 Å². The molecule has 1 aromatic heterocycles. The normalized spacial score (nSPS) is 12.3. The van der Waals surface area contributed by atoms with E-state index >= 15 is 0 Å². The van der Waals surface area contributed by atoms with Gasteiger partial charge in [0.15, 0.2) is 4.60 Å². The average molecular weight is 396 g/mol. The van der Waals surface area contributed by atoms with Crippen LogP contribution in [0.5, 0.6) is 0 Å². The Bertz CT molecular complexity index is 871. The summed E-state index contributed by atoms with van der Waals surface area (Å²) in [6, 6.07) is 5.39. The Morgan fingerprint density at radius 3 is 2.38 bits per heavy atom. The number of para-hydroxylation sites is 1. The Balaban J connectivity index is 2.53. The van der Waals surface area contributed by atoms with Gasteiger partial charge in [-0.3, -0.25) is 4.72 Å². The van der Waals surface area contributed by atoms with Crippen molar-refractivity contribution in [3.63, 3.8) is 0 Å². The summed E-state index contributed by atoms with van der Waals surface area (Å²) >= 11 is 2.97. The van der Waals surface area contributed by atoms with Gasteiger partial charge in [0.25, 0.3) is 10.0 Å². The van der Waals surface area contributed by atoms with Crippen LogP contribution in [0.3, 0.4) is 0 Å². The topological polar surface area (TPSA) is 137 Å². The zero-order chi connectivity index (χ0) is 15.8. The predicted molar refractivity (Wildman–Crippen MR) is 77.3 cm³/mol. The van der Waals surface area contributed by atoms with Gasteiger partial charge in [-0.05, 0) is 28.1 Å². The number of anilines is 1. The van der Waals surface area contributed by atoms with Gasteiger partial charge >= 0.3 is 0 Å². The zero-order valence-electron chi connectivity index (χ0n) is 10.6. The maximum Gasteiger partial charge on any atom is 0.281 e. The van der Waals surface area contributed by atoms with Gasteiger partial charge in [-0.1, -0.05) is 17.3 Å². The third kappa shape index (κ3) is 3.23. The molecule has 0 radical (unpaired) electrons. The van der Waals surface area contributed by atoms with Crippen molar-refractivity contribution in [2.45, 2.75) is 9.92 Å². The second kappa shape index (κ2) is 5.36. The third-order valence-corrected chi connectivity index (χ3v) is 5.65. The van der Waals surface area contributed by atoms with Gasteiger partial charge in [0.2, 0.25) is 15.0 Å².